The molecule has 0 aliphatic carbocycles. The summed E-state index contributed by atoms with van der Waals surface area (Å²) in [6.45, 7) is 9.90. The first-order valence-corrected chi connectivity index (χ1v) is 21.2. The molecule has 292 valence electrons. The Bertz CT molecular complexity index is 1980. The third-order valence-electron chi connectivity index (χ3n) is 12.6. The molecule has 56 heavy (non-hydrogen) atoms. The van der Waals surface area contributed by atoms with E-state index in [1.54, 1.807) is 0 Å². The fraction of sp³-hybridized carbons (Fsp3) is 0.412. The second kappa shape index (κ2) is 18.1. The number of amides is 2. The lowest BCUT2D eigenvalue weighted by atomic mass is 9.81. The smallest absolute Gasteiger partial charge is 0.260 e. The summed E-state index contributed by atoms with van der Waals surface area (Å²) in [5.41, 5.74) is 7.42. The van der Waals surface area contributed by atoms with E-state index in [9.17, 15) is 9.59 Å². The Morgan fingerprint density at radius 2 is 1.12 bits per heavy atom. The molecule has 2 amide bonds. The van der Waals surface area contributed by atoms with Crippen molar-refractivity contribution in [2.75, 3.05) is 6.61 Å². The first-order valence-electron chi connectivity index (χ1n) is 21.2. The molecule has 3 heterocycles. The first-order chi connectivity index (χ1) is 27.4. The van der Waals surface area contributed by atoms with Crippen molar-refractivity contribution in [2.24, 2.45) is 0 Å². The molecule has 2 bridgehead atoms. The highest BCUT2D eigenvalue weighted by Crippen LogP contribution is 2.48. The van der Waals surface area contributed by atoms with Crippen LogP contribution < -0.4 is 0 Å². The maximum atomic E-state index is 14.0. The SMILES string of the molecule is CCCC(CC(CC)c1ccccc1)c1ccc(COCC23C=CC(O2)C2=C3C(=O)N(Cc3ccc(C(CCC)CC(CC)c4ccccc4)cc3)C2=O)cc1. The van der Waals surface area contributed by atoms with E-state index < -0.39 is 11.7 Å². The zero-order chi connectivity index (χ0) is 39.1. The van der Waals surface area contributed by atoms with Crippen LogP contribution in [0.2, 0.25) is 0 Å². The number of hydrogen-bond donors (Lipinski definition) is 0. The van der Waals surface area contributed by atoms with Crippen LogP contribution in [0.5, 0.6) is 0 Å². The van der Waals surface area contributed by atoms with Gasteiger partial charge in [-0.3, -0.25) is 14.5 Å². The molecule has 5 heteroatoms. The number of carbonyl (C=O) groups excluding carboxylic acids is 2. The molecule has 3 aliphatic rings. The lowest BCUT2D eigenvalue weighted by Gasteiger charge is -2.27. The Balaban J connectivity index is 0.964. The number of ether oxygens (including phenoxy) is 2. The van der Waals surface area contributed by atoms with Gasteiger partial charge in [-0.15, -0.1) is 0 Å². The average molecular weight is 750 g/mol. The van der Waals surface area contributed by atoms with Gasteiger partial charge >= 0.3 is 0 Å². The highest BCUT2D eigenvalue weighted by molar-refractivity contribution is 6.22. The largest absolute Gasteiger partial charge is 0.373 e. The molecule has 5 nitrogen and oxygen atoms in total. The summed E-state index contributed by atoms with van der Waals surface area (Å²) < 4.78 is 12.6. The van der Waals surface area contributed by atoms with Gasteiger partial charge in [-0.2, -0.15) is 0 Å². The van der Waals surface area contributed by atoms with Crippen LogP contribution in [0.15, 0.2) is 132 Å². The van der Waals surface area contributed by atoms with Crippen LogP contribution in [0.1, 0.15) is 136 Å². The van der Waals surface area contributed by atoms with Gasteiger partial charge in [-0.05, 0) is 102 Å². The minimum Gasteiger partial charge on any atom is -0.373 e. The standard InChI is InChI=1S/C51H59NO4/c1-5-15-44(31-38(7-3)40-17-11-9-12-18-40)42-25-21-36(22-26-42)33-52-49(53)47-46-29-30-51(56-46,48(47)50(52)54)35-55-34-37-23-27-43(28-24-37)45(16-6-2)32-39(8-4)41-19-13-10-14-20-41/h9-14,17-30,38-39,44-46H,5-8,15-16,31-35H2,1-4H3. The third kappa shape index (κ3) is 8.40. The summed E-state index contributed by atoms with van der Waals surface area (Å²) in [4.78, 5) is 29.2. The molecule has 4 aromatic rings. The third-order valence-corrected chi connectivity index (χ3v) is 12.6. The summed E-state index contributed by atoms with van der Waals surface area (Å²) in [5, 5.41) is 0. The summed E-state index contributed by atoms with van der Waals surface area (Å²) in [5.74, 6) is 1.48. The minimum atomic E-state index is -1.04. The lowest BCUT2D eigenvalue weighted by molar-refractivity contribution is -0.141. The van der Waals surface area contributed by atoms with Gasteiger partial charge in [0.15, 0.2) is 0 Å². The van der Waals surface area contributed by atoms with Gasteiger partial charge < -0.3 is 9.47 Å². The van der Waals surface area contributed by atoms with Gasteiger partial charge in [0.05, 0.1) is 30.9 Å². The number of carbonyl (C=O) groups is 2. The van der Waals surface area contributed by atoms with Crippen molar-refractivity contribution in [3.63, 3.8) is 0 Å². The highest BCUT2D eigenvalue weighted by atomic mass is 16.6. The van der Waals surface area contributed by atoms with E-state index in [0.29, 0.717) is 41.4 Å². The maximum absolute atomic E-state index is 14.0. The van der Waals surface area contributed by atoms with E-state index in [2.05, 4.69) is 137 Å². The molecule has 6 unspecified atom stereocenters. The van der Waals surface area contributed by atoms with Crippen molar-refractivity contribution in [3.05, 3.63) is 166 Å². The van der Waals surface area contributed by atoms with Crippen LogP contribution in [-0.2, 0) is 32.2 Å². The molecule has 4 aromatic carbocycles. The number of fused-ring (bicyclic) bond motifs is 4. The van der Waals surface area contributed by atoms with Crippen LogP contribution in [-0.4, -0.2) is 35.0 Å². The van der Waals surface area contributed by atoms with Gasteiger partial charge in [0, 0.05) is 0 Å². The molecule has 0 radical (unpaired) electrons. The van der Waals surface area contributed by atoms with Crippen LogP contribution in [0, 0.1) is 0 Å². The average Bonchev–Trinajstić information content (AvgIpc) is 3.88. The van der Waals surface area contributed by atoms with Gasteiger partial charge in [-0.1, -0.05) is 156 Å². The highest BCUT2D eigenvalue weighted by Gasteiger charge is 2.59. The van der Waals surface area contributed by atoms with Crippen molar-refractivity contribution in [3.8, 4) is 0 Å². The van der Waals surface area contributed by atoms with Crippen molar-refractivity contribution >= 4 is 11.8 Å². The van der Waals surface area contributed by atoms with E-state index in [0.717, 1.165) is 62.5 Å². The molecule has 0 N–H and O–H groups in total. The molecule has 0 saturated carbocycles. The zero-order valence-electron chi connectivity index (χ0n) is 33.8. The fourth-order valence-corrected chi connectivity index (χ4v) is 9.45. The van der Waals surface area contributed by atoms with Crippen LogP contribution in [0.3, 0.4) is 0 Å². The molecule has 3 aliphatic heterocycles. The van der Waals surface area contributed by atoms with Crippen LogP contribution >= 0.6 is 0 Å². The Kier molecular flexibility index (Phi) is 12.8. The Morgan fingerprint density at radius 1 is 0.625 bits per heavy atom. The molecule has 7 rings (SSSR count). The van der Waals surface area contributed by atoms with E-state index >= 15 is 0 Å². The molecule has 0 aromatic heterocycles. The molecular formula is C51H59NO4. The van der Waals surface area contributed by atoms with Gasteiger partial charge in [0.2, 0.25) is 0 Å². The fourth-order valence-electron chi connectivity index (χ4n) is 9.45. The van der Waals surface area contributed by atoms with E-state index in [-0.39, 0.29) is 25.0 Å². The predicted molar refractivity (Wildman–Crippen MR) is 225 cm³/mol. The quantitative estimate of drug-likeness (QED) is 0.0667. The first kappa shape index (κ1) is 39.6. The minimum absolute atomic E-state index is 0.177. The summed E-state index contributed by atoms with van der Waals surface area (Å²) in [6, 6.07) is 39.2. The van der Waals surface area contributed by atoms with Gasteiger partial charge in [0.1, 0.15) is 11.7 Å². The van der Waals surface area contributed by atoms with Crippen molar-refractivity contribution in [1.29, 1.82) is 0 Å². The number of rotatable bonds is 20. The second-order valence-electron chi connectivity index (χ2n) is 16.2. The van der Waals surface area contributed by atoms with Crippen molar-refractivity contribution < 1.29 is 19.1 Å². The van der Waals surface area contributed by atoms with Crippen LogP contribution in [0.4, 0.5) is 0 Å². The van der Waals surface area contributed by atoms with Crippen molar-refractivity contribution in [2.45, 2.75) is 128 Å². The second-order valence-corrected chi connectivity index (χ2v) is 16.2. The summed E-state index contributed by atoms with van der Waals surface area (Å²) >= 11 is 0. The Hall–Kier alpha value is -4.58. The van der Waals surface area contributed by atoms with Crippen molar-refractivity contribution in [1.82, 2.24) is 4.90 Å². The molecule has 0 fully saturated rings. The number of imide groups is 1. The molecular weight excluding hydrogens is 691 g/mol. The van der Waals surface area contributed by atoms with Gasteiger partial charge in [-0.25, -0.2) is 0 Å². The molecule has 0 spiro atoms. The predicted octanol–water partition coefficient (Wildman–Crippen LogP) is 11.7. The number of hydrogen-bond acceptors (Lipinski definition) is 4. The molecule has 6 atom stereocenters. The Morgan fingerprint density at radius 3 is 1.62 bits per heavy atom. The van der Waals surface area contributed by atoms with E-state index in [1.165, 1.54) is 27.2 Å². The molecule has 0 saturated heterocycles. The number of benzene rings is 4. The monoisotopic (exact) mass is 749 g/mol. The summed E-state index contributed by atoms with van der Waals surface area (Å²) in [7, 11) is 0. The topological polar surface area (TPSA) is 55.8 Å². The van der Waals surface area contributed by atoms with E-state index in [4.69, 9.17) is 9.47 Å². The van der Waals surface area contributed by atoms with E-state index in [1.807, 2.05) is 12.2 Å². The Labute approximate surface area is 334 Å². The zero-order valence-corrected chi connectivity index (χ0v) is 33.8. The normalized spacial score (nSPS) is 20.8. The summed E-state index contributed by atoms with van der Waals surface area (Å²) in [6.07, 6.45) is 12.3. The van der Waals surface area contributed by atoms with Crippen LogP contribution in [0.25, 0.3) is 0 Å². The lowest BCUT2D eigenvalue weighted by Crippen LogP contribution is -2.41. The number of nitrogens with zero attached hydrogens (tertiary/aromatic N) is 1. The maximum Gasteiger partial charge on any atom is 0.260 e. The van der Waals surface area contributed by atoms with Gasteiger partial charge in [0.25, 0.3) is 11.8 Å².